The highest BCUT2D eigenvalue weighted by Crippen LogP contribution is 2.61. The molecule has 12 atom stereocenters. The number of hydrogen-bond donors (Lipinski definition) is 17. The summed E-state index contributed by atoms with van der Waals surface area (Å²) in [6.45, 7) is 11.2. The van der Waals surface area contributed by atoms with Crippen molar-refractivity contribution in [2.24, 2.45) is 57.6 Å². The smallest absolute Gasteiger partial charge is 0.255 e. The molecule has 20 N–H and O–H groups in total. The third kappa shape index (κ3) is 14.6. The molecule has 33 nitrogen and oxygen atoms in total. The van der Waals surface area contributed by atoms with Gasteiger partial charge in [0.1, 0.15) is 74.3 Å². The molecule has 1 heterocycles. The van der Waals surface area contributed by atoms with E-state index in [0.717, 1.165) is 16.9 Å². The molecule has 9 aliphatic carbocycles. The van der Waals surface area contributed by atoms with Crippen LogP contribution in [-0.4, -0.2) is 252 Å². The van der Waals surface area contributed by atoms with Crippen LogP contribution >= 0.6 is 0 Å². The molecule has 10 aliphatic rings. The van der Waals surface area contributed by atoms with Gasteiger partial charge in [-0.25, -0.2) is 0 Å². The summed E-state index contributed by atoms with van der Waals surface area (Å²) >= 11 is 0. The Morgan fingerprint density at radius 2 is 0.952 bits per heavy atom. The van der Waals surface area contributed by atoms with Crippen molar-refractivity contribution in [1.82, 2.24) is 30.2 Å². The number of methoxy groups -OCH3 is 1. The van der Waals surface area contributed by atoms with Crippen molar-refractivity contribution in [2.45, 2.75) is 140 Å². The third-order valence-corrected chi connectivity index (χ3v) is 26.8. The number of carbonyl (C=O) groups excluding carboxylic acids is 9. The zero-order valence-electron chi connectivity index (χ0n) is 72.6. The van der Waals surface area contributed by atoms with Crippen LogP contribution in [0, 0.1) is 40.4 Å². The summed E-state index contributed by atoms with van der Waals surface area (Å²) in [5.41, 5.74) is 12.2. The number of ketones is 6. The topological polar surface area (TPSA) is 527 Å². The lowest BCUT2D eigenvalue weighted by Gasteiger charge is -2.57. The van der Waals surface area contributed by atoms with Crippen molar-refractivity contribution in [3.63, 3.8) is 0 Å². The van der Waals surface area contributed by atoms with Gasteiger partial charge >= 0.3 is 0 Å². The highest BCUT2D eigenvalue weighted by atomic mass is 16.5. The molecule has 3 saturated carbocycles. The number of nitrogens with two attached hydrogens (primary N) is 3. The summed E-state index contributed by atoms with van der Waals surface area (Å²) in [6.07, 6.45) is 0.833. The molecule has 0 radical (unpaired) electrons. The van der Waals surface area contributed by atoms with Crippen molar-refractivity contribution < 1.29 is 109 Å². The van der Waals surface area contributed by atoms with E-state index in [2.05, 4.69) is 48.4 Å². The first-order valence-electron chi connectivity index (χ1n) is 41.2. The summed E-state index contributed by atoms with van der Waals surface area (Å²) in [6, 6.07) is 19.6. The van der Waals surface area contributed by atoms with Crippen molar-refractivity contribution in [3.05, 3.63) is 190 Å². The average molecular weight is 1720 g/mol. The van der Waals surface area contributed by atoms with Crippen LogP contribution in [0.15, 0.2) is 124 Å². The maximum absolute atomic E-state index is 14.2. The van der Waals surface area contributed by atoms with Crippen LogP contribution in [0.1, 0.15) is 114 Å². The van der Waals surface area contributed by atoms with Gasteiger partial charge in [-0.3, -0.25) is 62.8 Å². The monoisotopic (exact) mass is 1720 g/mol. The van der Waals surface area contributed by atoms with Crippen LogP contribution in [0.2, 0.25) is 0 Å². The Morgan fingerprint density at radius 3 is 1.41 bits per heavy atom. The van der Waals surface area contributed by atoms with E-state index in [4.69, 9.17) is 21.9 Å². The van der Waals surface area contributed by atoms with Crippen LogP contribution < -0.4 is 42.4 Å². The van der Waals surface area contributed by atoms with Crippen LogP contribution in [0.25, 0.3) is 17.3 Å². The Kier molecular flexibility index (Phi) is 24.0. The molecule has 3 fully saturated rings. The molecule has 1 aliphatic heterocycles. The standard InChI is InChI=1S/C32H38N4O8.C32H36N4O7.C28H37N3O7/c1-35(2)21-12-17(14-34-13-15-7-6-8-18(9-15)44-5)26(37)23-19(21)10-16-11-20-25(36(3)4)28(39)24(31(33)42)30(41)32(20,43)29(40)22(16)27(23)38;1-34(2)21-11-18(14-36-12-15-7-5-6-8-16(15)13-36)26(37)23-19(21)9-17-10-20-25(35(3)4)28(39)24(31(33)42)30(41)32(20,43)29(40)22(17)27(23)38;1-26(2,3)12-30-11-14-8-7-13-9-15-10-27(4)22(31(5)6)21(34)18(25(29)37)24(36)28(27,38)23(35)17(15)20(33)16(13)19(14)32/h6-9,12,16,20,25,34,37-38,41,43H,10-11,13-14H2,1-5H3,(H2,33,42);5-8,11,17,20,25,37-38,41,43H,9-10,12-14H2,1-4H3,(H2,33,42);7-8,15,22,30,32-33,36,38H,9-12H2,1-6H3,(H2,29,37)/t16-,20-,25-,32-;17-,20-,25-,32-;15-,22+,27-,28-/m000/s1. The van der Waals surface area contributed by atoms with E-state index in [1.165, 1.54) is 32.8 Å². The van der Waals surface area contributed by atoms with Crippen molar-refractivity contribution in [2.75, 3.05) is 93.9 Å². The number of ether oxygens (including phenoxy) is 1. The molecule has 0 bridgehead atoms. The van der Waals surface area contributed by atoms with Gasteiger partial charge in [0.05, 0.1) is 41.9 Å². The number of benzene rings is 5. The summed E-state index contributed by atoms with van der Waals surface area (Å²) in [7, 11) is 18.4. The molecule has 0 spiro atoms. The number of nitrogens with one attached hydrogen (secondary N) is 2. The van der Waals surface area contributed by atoms with Crippen LogP contribution in [0.3, 0.4) is 0 Å². The molecular formula is C92H111N11O22. The lowest BCUT2D eigenvalue weighted by Crippen LogP contribution is -2.71. The summed E-state index contributed by atoms with van der Waals surface area (Å²) in [5, 5.41) is 144. The zero-order valence-corrected chi connectivity index (χ0v) is 72.6. The molecule has 0 aromatic heterocycles. The van der Waals surface area contributed by atoms with Gasteiger partial charge in [-0.05, 0) is 162 Å². The number of anilines is 2. The SMILES string of the molecule is CN(C)[C@@H]1C(=O)C(C(N)=O)=C(O)[C@@]2(O)C(=O)C3=C(O)c4c(ccc(CNCC(C)(C)C)c4O)C[C@H]3C[C@@]12C.CN(C)c1cc(CN2Cc3ccccc3C2)c(O)c2c1C[C@H]1C[C@H]3[C@H](N(C)C)C(=O)C(C(N)=O)=C(O)[C@@]3(O)C(=O)C1=C2O.COc1cccc(CNCc2cc(N(C)C)c3c(c2O)C(O)=C2C(=O)[C@]4(O)C(O)=C(C(N)=O)C(=O)[C@@H](N(C)C)[C@@H]4C[C@@H]2C3)c1. The molecule has 0 unspecified atom stereocenters. The number of phenols is 3. The average Bonchev–Trinajstić information content (AvgIpc) is 0.910. The fraction of sp³-hybridized carbons (Fsp3) is 0.446. The molecule has 125 heavy (non-hydrogen) atoms. The number of Topliss-reactive ketones (excluding diaryl/α,β-unsaturated/α-hetero) is 6. The predicted octanol–water partition coefficient (Wildman–Crippen LogP) is 4.36. The quantitative estimate of drug-likeness (QED) is 0.0542. The van der Waals surface area contributed by atoms with Crippen molar-refractivity contribution in [3.8, 4) is 23.0 Å². The normalized spacial score (nSPS) is 26.8. The van der Waals surface area contributed by atoms with Gasteiger partial charge in [0, 0.05) is 136 Å². The summed E-state index contributed by atoms with van der Waals surface area (Å²) < 4.78 is 5.28. The van der Waals surface area contributed by atoms with Gasteiger partial charge in [0.2, 0.25) is 17.3 Å². The van der Waals surface area contributed by atoms with Gasteiger partial charge in [-0.2, -0.15) is 0 Å². The fourth-order valence-electron chi connectivity index (χ4n) is 21.2. The summed E-state index contributed by atoms with van der Waals surface area (Å²) in [4.78, 5) is 129. The highest BCUT2D eigenvalue weighted by Gasteiger charge is 2.71. The number of amides is 3. The van der Waals surface area contributed by atoms with E-state index >= 15 is 0 Å². The number of fused-ring (bicyclic) bond motifs is 10. The molecule has 0 saturated heterocycles. The molecule has 3 amide bonds. The minimum Gasteiger partial charge on any atom is -0.508 e. The van der Waals surface area contributed by atoms with E-state index in [1.54, 1.807) is 61.5 Å². The van der Waals surface area contributed by atoms with Crippen LogP contribution in [-0.2, 0) is 102 Å². The number of aliphatic hydroxyl groups excluding tert-OH is 6. The number of aromatic hydroxyl groups is 3. The molecule has 5 aromatic rings. The second-order valence-corrected chi connectivity index (χ2v) is 37.0. The van der Waals surface area contributed by atoms with E-state index < -0.39 is 174 Å². The van der Waals surface area contributed by atoms with Crippen LogP contribution in [0.4, 0.5) is 11.4 Å². The fourth-order valence-corrected chi connectivity index (χ4v) is 21.2. The molecular weight excluding hydrogens is 1610 g/mol. The van der Waals surface area contributed by atoms with E-state index in [9.17, 15) is 104 Å². The first-order valence-corrected chi connectivity index (χ1v) is 41.2. The van der Waals surface area contributed by atoms with Gasteiger partial charge in [-0.1, -0.05) is 76.2 Å². The number of rotatable bonds is 18. The molecule has 666 valence electrons. The van der Waals surface area contributed by atoms with E-state index in [-0.39, 0.29) is 101 Å². The van der Waals surface area contributed by atoms with Gasteiger partial charge in [0.15, 0.2) is 34.2 Å². The van der Waals surface area contributed by atoms with Gasteiger partial charge in [-0.15, -0.1) is 0 Å². The first-order chi connectivity index (χ1) is 58.5. The number of carbonyl (C=O) groups is 9. The number of aliphatic hydroxyl groups is 9. The lowest BCUT2D eigenvalue weighted by atomic mass is 9.50. The Labute approximate surface area is 722 Å². The Balaban J connectivity index is 0.000000161. The largest absolute Gasteiger partial charge is 0.508 e. The van der Waals surface area contributed by atoms with E-state index in [1.807, 2.05) is 86.5 Å². The molecule has 33 heteroatoms. The zero-order chi connectivity index (χ0) is 91.9. The Morgan fingerprint density at radius 1 is 0.504 bits per heavy atom. The van der Waals surface area contributed by atoms with Gasteiger partial charge < -0.3 is 104 Å². The Bertz CT molecular complexity index is 5640. The Hall–Kier alpha value is -11.8. The maximum atomic E-state index is 14.2. The molecule has 5 aromatic carbocycles. The van der Waals surface area contributed by atoms with Crippen molar-refractivity contribution in [1.29, 1.82) is 0 Å². The highest BCUT2D eigenvalue weighted by molar-refractivity contribution is 6.27. The second kappa shape index (κ2) is 33.0. The first kappa shape index (κ1) is 90.9. The van der Waals surface area contributed by atoms with Gasteiger partial charge in [0.25, 0.3) is 17.7 Å². The molecule has 15 rings (SSSR count). The number of nitrogens with zero attached hydrogens (tertiary/aromatic N) is 6. The van der Waals surface area contributed by atoms with E-state index in [0.29, 0.717) is 78.4 Å². The van der Waals surface area contributed by atoms with Crippen LogP contribution in [0.5, 0.6) is 23.0 Å². The summed E-state index contributed by atoms with van der Waals surface area (Å²) in [5.74, 6) is -18.0. The predicted molar refractivity (Wildman–Crippen MR) is 460 cm³/mol. The minimum absolute atomic E-state index is 0.0167. The third-order valence-electron chi connectivity index (χ3n) is 26.8. The van der Waals surface area contributed by atoms with Crippen molar-refractivity contribution >= 4 is 81.1 Å². The minimum atomic E-state index is -2.70. The number of likely N-dealkylation sites (N-methyl/N-ethyl adjacent to an activating group) is 3. The lowest BCUT2D eigenvalue weighted by molar-refractivity contribution is -0.171. The second-order valence-electron chi connectivity index (χ2n) is 37.0. The number of hydrogen-bond acceptors (Lipinski definition) is 30. The maximum Gasteiger partial charge on any atom is 0.255 e. The number of phenolic OH excluding ortho intramolecular Hbond substituents is 3. The number of primary amides is 3.